The fourth-order valence-corrected chi connectivity index (χ4v) is 2.04. The molecule has 0 fully saturated rings. The molecule has 0 heterocycles. The summed E-state index contributed by atoms with van der Waals surface area (Å²) in [5, 5.41) is 0. The van der Waals surface area contributed by atoms with Crippen LogP contribution in [0.4, 0.5) is 0 Å². The van der Waals surface area contributed by atoms with Gasteiger partial charge in [0.2, 0.25) is 0 Å². The Balaban J connectivity index is 2.60. The van der Waals surface area contributed by atoms with Gasteiger partial charge in [0.05, 0.1) is 0 Å². The average molecular weight is 256 g/mol. The van der Waals surface area contributed by atoms with E-state index in [1.807, 2.05) is 6.07 Å². The second kappa shape index (κ2) is 5.52. The van der Waals surface area contributed by atoms with Gasteiger partial charge in [0.1, 0.15) is 0 Å². The first kappa shape index (κ1) is 11.7. The highest BCUT2D eigenvalue weighted by atomic mass is 79.9. The van der Waals surface area contributed by atoms with Crippen molar-refractivity contribution >= 4 is 15.9 Å². The second-order valence-corrected chi connectivity index (χ2v) is 4.80. The van der Waals surface area contributed by atoms with Crippen LogP contribution in [-0.2, 0) is 6.42 Å². The molecule has 2 unspecified atom stereocenters. The minimum Gasteiger partial charge on any atom is -0.327 e. The lowest BCUT2D eigenvalue weighted by molar-refractivity contribution is 0.442. The van der Waals surface area contributed by atoms with Crippen molar-refractivity contribution in [1.29, 1.82) is 0 Å². The number of halogens is 1. The van der Waals surface area contributed by atoms with E-state index in [0.29, 0.717) is 12.0 Å². The van der Waals surface area contributed by atoms with Crippen molar-refractivity contribution in [2.75, 3.05) is 0 Å². The van der Waals surface area contributed by atoms with Crippen LogP contribution >= 0.6 is 15.9 Å². The van der Waals surface area contributed by atoms with Crippen LogP contribution in [0.15, 0.2) is 28.7 Å². The summed E-state index contributed by atoms with van der Waals surface area (Å²) in [6, 6.07) is 8.76. The number of hydrogen-bond acceptors (Lipinski definition) is 1. The molecule has 78 valence electrons. The molecule has 0 aliphatic rings. The molecule has 1 rings (SSSR count). The molecule has 2 N–H and O–H groups in total. The molecule has 0 amide bonds. The van der Waals surface area contributed by atoms with E-state index in [2.05, 4.69) is 48.0 Å². The van der Waals surface area contributed by atoms with Gasteiger partial charge in [-0.1, -0.05) is 41.9 Å². The summed E-state index contributed by atoms with van der Waals surface area (Å²) in [6.07, 6.45) is 2.11. The maximum Gasteiger partial charge on any atom is 0.0177 e. The molecule has 0 radical (unpaired) electrons. The molecule has 2 heteroatoms. The highest BCUT2D eigenvalue weighted by molar-refractivity contribution is 9.10. The van der Waals surface area contributed by atoms with Gasteiger partial charge in [-0.3, -0.25) is 0 Å². The Morgan fingerprint density at radius 3 is 2.71 bits per heavy atom. The SMILES string of the molecule is CCC(N)C(C)Cc1cccc(Br)c1. The summed E-state index contributed by atoms with van der Waals surface area (Å²) >= 11 is 3.47. The Morgan fingerprint density at radius 2 is 2.14 bits per heavy atom. The van der Waals surface area contributed by atoms with Crippen LogP contribution in [-0.4, -0.2) is 6.04 Å². The van der Waals surface area contributed by atoms with Gasteiger partial charge in [0, 0.05) is 10.5 Å². The Labute approximate surface area is 94.8 Å². The van der Waals surface area contributed by atoms with Gasteiger partial charge in [-0.2, -0.15) is 0 Å². The summed E-state index contributed by atoms with van der Waals surface area (Å²) in [5.41, 5.74) is 7.35. The Bertz CT molecular complexity index is 285. The molecule has 0 spiro atoms. The zero-order chi connectivity index (χ0) is 10.6. The normalized spacial score (nSPS) is 15.1. The number of benzene rings is 1. The van der Waals surface area contributed by atoms with Gasteiger partial charge in [-0.25, -0.2) is 0 Å². The molecule has 2 atom stereocenters. The van der Waals surface area contributed by atoms with Crippen molar-refractivity contribution < 1.29 is 0 Å². The summed E-state index contributed by atoms with van der Waals surface area (Å²) in [5.74, 6) is 0.550. The molecule has 14 heavy (non-hydrogen) atoms. The van der Waals surface area contributed by atoms with E-state index >= 15 is 0 Å². The minimum atomic E-state index is 0.314. The fraction of sp³-hybridized carbons (Fsp3) is 0.500. The molecule has 1 aromatic rings. The number of nitrogens with two attached hydrogens (primary N) is 1. The second-order valence-electron chi connectivity index (χ2n) is 3.88. The lowest BCUT2D eigenvalue weighted by Crippen LogP contribution is -2.28. The zero-order valence-corrected chi connectivity index (χ0v) is 10.4. The molecule has 0 aliphatic carbocycles. The van der Waals surface area contributed by atoms with Crippen molar-refractivity contribution in [3.05, 3.63) is 34.3 Å². The topological polar surface area (TPSA) is 26.0 Å². The van der Waals surface area contributed by atoms with Crippen LogP contribution in [0.5, 0.6) is 0 Å². The molecule has 0 aromatic heterocycles. The van der Waals surface area contributed by atoms with Crippen molar-refractivity contribution in [3.63, 3.8) is 0 Å². The summed E-state index contributed by atoms with van der Waals surface area (Å²) in [7, 11) is 0. The largest absolute Gasteiger partial charge is 0.327 e. The zero-order valence-electron chi connectivity index (χ0n) is 8.83. The third-order valence-electron chi connectivity index (χ3n) is 2.65. The van der Waals surface area contributed by atoms with E-state index in [-0.39, 0.29) is 0 Å². The first-order valence-electron chi connectivity index (χ1n) is 5.13. The molecular weight excluding hydrogens is 238 g/mol. The van der Waals surface area contributed by atoms with Gasteiger partial charge >= 0.3 is 0 Å². The lowest BCUT2D eigenvalue weighted by Gasteiger charge is -2.18. The van der Waals surface area contributed by atoms with E-state index in [0.717, 1.165) is 17.3 Å². The standard InChI is InChI=1S/C12H18BrN/c1-3-12(14)9(2)7-10-5-4-6-11(13)8-10/h4-6,8-9,12H,3,7,14H2,1-2H3. The third kappa shape index (κ3) is 3.43. The van der Waals surface area contributed by atoms with E-state index in [1.54, 1.807) is 0 Å². The first-order valence-corrected chi connectivity index (χ1v) is 5.92. The quantitative estimate of drug-likeness (QED) is 0.878. The van der Waals surface area contributed by atoms with Crippen molar-refractivity contribution in [2.24, 2.45) is 11.7 Å². The molecule has 0 saturated heterocycles. The van der Waals surface area contributed by atoms with Crippen LogP contribution in [0.3, 0.4) is 0 Å². The molecule has 0 aliphatic heterocycles. The highest BCUT2D eigenvalue weighted by Crippen LogP contribution is 2.17. The molecule has 0 saturated carbocycles. The first-order chi connectivity index (χ1) is 6.63. The molecule has 1 aromatic carbocycles. The van der Waals surface area contributed by atoms with Crippen molar-refractivity contribution in [1.82, 2.24) is 0 Å². The Hall–Kier alpha value is -0.340. The Kier molecular flexibility index (Phi) is 4.63. The van der Waals surface area contributed by atoms with Gasteiger partial charge in [-0.05, 0) is 36.5 Å². The van der Waals surface area contributed by atoms with E-state index < -0.39 is 0 Å². The predicted molar refractivity (Wildman–Crippen MR) is 65.3 cm³/mol. The van der Waals surface area contributed by atoms with Crippen LogP contribution in [0.25, 0.3) is 0 Å². The fourth-order valence-electron chi connectivity index (χ4n) is 1.59. The average Bonchev–Trinajstić information content (AvgIpc) is 2.16. The number of hydrogen-bond donors (Lipinski definition) is 1. The highest BCUT2D eigenvalue weighted by Gasteiger charge is 2.10. The van der Waals surface area contributed by atoms with E-state index in [4.69, 9.17) is 5.73 Å². The smallest absolute Gasteiger partial charge is 0.0177 e. The van der Waals surface area contributed by atoms with Crippen LogP contribution in [0, 0.1) is 5.92 Å². The number of rotatable bonds is 4. The summed E-state index contributed by atoms with van der Waals surface area (Å²) in [4.78, 5) is 0. The van der Waals surface area contributed by atoms with Gasteiger partial charge < -0.3 is 5.73 Å². The minimum absolute atomic E-state index is 0.314. The summed E-state index contributed by atoms with van der Waals surface area (Å²) in [6.45, 7) is 4.36. The monoisotopic (exact) mass is 255 g/mol. The maximum atomic E-state index is 5.99. The molecule has 1 nitrogen and oxygen atoms in total. The van der Waals surface area contributed by atoms with E-state index in [9.17, 15) is 0 Å². The maximum absolute atomic E-state index is 5.99. The van der Waals surface area contributed by atoms with Crippen molar-refractivity contribution in [2.45, 2.75) is 32.7 Å². The van der Waals surface area contributed by atoms with Crippen LogP contribution < -0.4 is 5.73 Å². The predicted octanol–water partition coefficient (Wildman–Crippen LogP) is 3.37. The van der Waals surface area contributed by atoms with Crippen LogP contribution in [0.2, 0.25) is 0 Å². The van der Waals surface area contributed by atoms with E-state index in [1.165, 1.54) is 5.56 Å². The lowest BCUT2D eigenvalue weighted by atomic mass is 9.93. The summed E-state index contributed by atoms with van der Waals surface area (Å²) < 4.78 is 1.15. The van der Waals surface area contributed by atoms with Gasteiger partial charge in [0.25, 0.3) is 0 Å². The Morgan fingerprint density at radius 1 is 1.43 bits per heavy atom. The van der Waals surface area contributed by atoms with Crippen LogP contribution in [0.1, 0.15) is 25.8 Å². The van der Waals surface area contributed by atoms with Gasteiger partial charge in [-0.15, -0.1) is 0 Å². The molecular formula is C12H18BrN. The molecule has 0 bridgehead atoms. The third-order valence-corrected chi connectivity index (χ3v) is 3.14. The van der Waals surface area contributed by atoms with Gasteiger partial charge in [0.15, 0.2) is 0 Å². The van der Waals surface area contributed by atoms with Crippen molar-refractivity contribution in [3.8, 4) is 0 Å².